The van der Waals surface area contributed by atoms with Crippen molar-refractivity contribution < 1.29 is 14.3 Å². The van der Waals surface area contributed by atoms with Crippen molar-refractivity contribution in [1.29, 1.82) is 0 Å². The Morgan fingerprint density at radius 1 is 1.00 bits per heavy atom. The number of benzene rings is 3. The van der Waals surface area contributed by atoms with Crippen LogP contribution < -0.4 is 16.0 Å². The maximum Gasteiger partial charge on any atom is 0.253 e. The van der Waals surface area contributed by atoms with Crippen LogP contribution in [0.3, 0.4) is 0 Å². The lowest BCUT2D eigenvalue weighted by molar-refractivity contribution is -0.119. The number of fused-ring (bicyclic) bond motifs is 1. The van der Waals surface area contributed by atoms with Crippen molar-refractivity contribution in [2.75, 3.05) is 18.5 Å². The fourth-order valence-electron chi connectivity index (χ4n) is 3.84. The summed E-state index contributed by atoms with van der Waals surface area (Å²) in [4.78, 5) is 25.2. The highest BCUT2D eigenvalue weighted by Crippen LogP contribution is 2.19. The third-order valence-corrected chi connectivity index (χ3v) is 5.62. The molecule has 1 aliphatic rings. The number of hydrogen-bond donors (Lipinski definition) is 3. The van der Waals surface area contributed by atoms with Crippen LogP contribution in [0.5, 0.6) is 0 Å². The van der Waals surface area contributed by atoms with Crippen molar-refractivity contribution in [3.05, 3.63) is 77.9 Å². The highest BCUT2D eigenvalue weighted by atomic mass is 32.1. The number of amides is 2. The Labute approximate surface area is 192 Å². The first-order valence-electron chi connectivity index (χ1n) is 10.7. The molecule has 1 heterocycles. The van der Waals surface area contributed by atoms with Gasteiger partial charge in [-0.15, -0.1) is 0 Å². The average Bonchev–Trinajstić information content (AvgIpc) is 3.32. The molecule has 1 saturated heterocycles. The molecule has 6 nitrogen and oxygen atoms in total. The Kier molecular flexibility index (Phi) is 7.09. The molecule has 1 unspecified atom stereocenters. The molecule has 0 aliphatic carbocycles. The first kappa shape index (κ1) is 21.9. The van der Waals surface area contributed by atoms with Crippen molar-refractivity contribution in [3.8, 4) is 0 Å². The third kappa shape index (κ3) is 5.49. The molecule has 32 heavy (non-hydrogen) atoms. The van der Waals surface area contributed by atoms with Crippen LogP contribution in [-0.2, 0) is 16.0 Å². The number of para-hydroxylation sites is 1. The molecule has 0 aromatic heterocycles. The number of hydrogen-bond acceptors (Lipinski definition) is 4. The van der Waals surface area contributed by atoms with Crippen molar-refractivity contribution in [1.82, 2.24) is 10.6 Å². The van der Waals surface area contributed by atoms with E-state index in [1.54, 1.807) is 24.3 Å². The number of nitrogens with one attached hydrogen (secondary N) is 3. The standard InChI is InChI=1S/C25H25N3O3S/c29-23(15-18-9-5-8-17-7-1-2-11-20(17)18)28-25(32)27-22-13-4-3-12-21(22)24(30)26-16-19-10-6-14-31-19/h1-5,7-9,11-13,19H,6,10,14-16H2,(H,26,30)(H2,27,28,29,32). The number of ether oxygens (including phenoxy) is 1. The molecule has 164 valence electrons. The third-order valence-electron chi connectivity index (χ3n) is 5.42. The smallest absolute Gasteiger partial charge is 0.253 e. The van der Waals surface area contributed by atoms with Gasteiger partial charge in [0.15, 0.2) is 5.11 Å². The maximum absolute atomic E-state index is 12.7. The van der Waals surface area contributed by atoms with Crippen LogP contribution in [0.1, 0.15) is 28.8 Å². The molecular weight excluding hydrogens is 422 g/mol. The fraction of sp³-hybridized carbons (Fsp3) is 0.240. The molecule has 4 rings (SSSR count). The van der Waals surface area contributed by atoms with Gasteiger partial charge in [-0.3, -0.25) is 9.59 Å². The van der Waals surface area contributed by atoms with Gasteiger partial charge in [0.05, 0.1) is 23.8 Å². The van der Waals surface area contributed by atoms with E-state index in [0.29, 0.717) is 17.8 Å². The maximum atomic E-state index is 12.7. The number of carbonyl (C=O) groups excluding carboxylic acids is 2. The van der Waals surface area contributed by atoms with Crippen molar-refractivity contribution >= 4 is 45.6 Å². The summed E-state index contributed by atoms with van der Waals surface area (Å²) in [7, 11) is 0. The summed E-state index contributed by atoms with van der Waals surface area (Å²) < 4.78 is 5.55. The molecule has 7 heteroatoms. The normalized spacial score (nSPS) is 15.3. The Bertz CT molecular complexity index is 1140. The van der Waals surface area contributed by atoms with E-state index in [4.69, 9.17) is 17.0 Å². The number of thiocarbonyl (C=S) groups is 1. The molecule has 1 fully saturated rings. The van der Waals surface area contributed by atoms with Gasteiger partial charge in [0.25, 0.3) is 5.91 Å². The predicted molar refractivity (Wildman–Crippen MR) is 130 cm³/mol. The second-order valence-electron chi connectivity index (χ2n) is 7.71. The van der Waals surface area contributed by atoms with Crippen LogP contribution in [0.25, 0.3) is 10.8 Å². The van der Waals surface area contributed by atoms with Crippen LogP contribution in [0.2, 0.25) is 0 Å². The molecule has 0 radical (unpaired) electrons. The summed E-state index contributed by atoms with van der Waals surface area (Å²) in [5.41, 5.74) is 1.92. The first-order chi connectivity index (χ1) is 15.6. The van der Waals surface area contributed by atoms with Gasteiger partial charge in [0.1, 0.15) is 0 Å². The van der Waals surface area contributed by atoms with Gasteiger partial charge in [-0.2, -0.15) is 0 Å². The second kappa shape index (κ2) is 10.3. The summed E-state index contributed by atoms with van der Waals surface area (Å²) >= 11 is 5.33. The van der Waals surface area contributed by atoms with Gasteiger partial charge < -0.3 is 20.7 Å². The average molecular weight is 448 g/mol. The molecule has 2 amide bonds. The SMILES string of the molecule is O=C(Cc1cccc2ccccc12)NC(=S)Nc1ccccc1C(=O)NCC1CCCO1. The zero-order chi connectivity index (χ0) is 22.3. The van der Waals surface area contributed by atoms with Crippen LogP contribution in [-0.4, -0.2) is 36.2 Å². The molecule has 3 N–H and O–H groups in total. The summed E-state index contributed by atoms with van der Waals surface area (Å²) in [5.74, 6) is -0.437. The Morgan fingerprint density at radius 2 is 1.78 bits per heavy atom. The highest BCUT2D eigenvalue weighted by molar-refractivity contribution is 7.80. The molecule has 3 aromatic carbocycles. The van der Waals surface area contributed by atoms with Gasteiger partial charge in [-0.25, -0.2) is 0 Å². The molecule has 1 aliphatic heterocycles. The van der Waals surface area contributed by atoms with Crippen molar-refractivity contribution in [2.45, 2.75) is 25.4 Å². The van der Waals surface area contributed by atoms with E-state index in [1.165, 1.54) is 0 Å². The van der Waals surface area contributed by atoms with Gasteiger partial charge in [-0.05, 0) is 53.5 Å². The lowest BCUT2D eigenvalue weighted by Crippen LogP contribution is -2.36. The van der Waals surface area contributed by atoms with E-state index in [1.807, 2.05) is 42.5 Å². The van der Waals surface area contributed by atoms with Crippen LogP contribution in [0.4, 0.5) is 5.69 Å². The molecule has 0 spiro atoms. The van der Waals surface area contributed by atoms with E-state index in [9.17, 15) is 9.59 Å². The summed E-state index contributed by atoms with van der Waals surface area (Å²) in [5, 5.41) is 10.9. The molecule has 0 saturated carbocycles. The first-order valence-corrected chi connectivity index (χ1v) is 11.1. The van der Waals surface area contributed by atoms with Crippen LogP contribution >= 0.6 is 12.2 Å². The minimum absolute atomic E-state index is 0.0634. The monoisotopic (exact) mass is 447 g/mol. The molecule has 1 atom stereocenters. The fourth-order valence-corrected chi connectivity index (χ4v) is 4.06. The van der Waals surface area contributed by atoms with Crippen molar-refractivity contribution in [2.24, 2.45) is 0 Å². The van der Waals surface area contributed by atoms with E-state index in [0.717, 1.165) is 35.8 Å². The lowest BCUT2D eigenvalue weighted by Gasteiger charge is -2.15. The summed E-state index contributed by atoms with van der Waals surface area (Å²) in [6.07, 6.45) is 2.24. The van der Waals surface area contributed by atoms with Gasteiger partial charge in [0, 0.05) is 13.2 Å². The zero-order valence-electron chi connectivity index (χ0n) is 17.6. The minimum atomic E-state index is -0.223. The van der Waals surface area contributed by atoms with Crippen molar-refractivity contribution in [3.63, 3.8) is 0 Å². The van der Waals surface area contributed by atoms with E-state index < -0.39 is 0 Å². The Balaban J connectivity index is 1.36. The number of carbonyl (C=O) groups is 2. The highest BCUT2D eigenvalue weighted by Gasteiger charge is 2.18. The predicted octanol–water partition coefficient (Wildman–Crippen LogP) is 3.80. The van der Waals surface area contributed by atoms with Gasteiger partial charge in [0.2, 0.25) is 5.91 Å². The van der Waals surface area contributed by atoms with Crippen LogP contribution in [0, 0.1) is 0 Å². The molecular formula is C25H25N3O3S. The van der Waals surface area contributed by atoms with Gasteiger partial charge >= 0.3 is 0 Å². The lowest BCUT2D eigenvalue weighted by atomic mass is 10.0. The summed E-state index contributed by atoms with van der Waals surface area (Å²) in [6.45, 7) is 1.21. The molecule has 0 bridgehead atoms. The Morgan fingerprint density at radius 3 is 2.62 bits per heavy atom. The van der Waals surface area contributed by atoms with E-state index in [-0.39, 0.29) is 29.5 Å². The second-order valence-corrected chi connectivity index (χ2v) is 8.12. The largest absolute Gasteiger partial charge is 0.376 e. The number of rotatable bonds is 6. The zero-order valence-corrected chi connectivity index (χ0v) is 18.4. The van der Waals surface area contributed by atoms with E-state index in [2.05, 4.69) is 16.0 Å². The topological polar surface area (TPSA) is 79.5 Å². The van der Waals surface area contributed by atoms with Crippen LogP contribution in [0.15, 0.2) is 66.7 Å². The quantitative estimate of drug-likeness (QED) is 0.501. The Hall–Kier alpha value is -3.29. The van der Waals surface area contributed by atoms with E-state index >= 15 is 0 Å². The molecule has 3 aromatic rings. The number of anilines is 1. The van der Waals surface area contributed by atoms with Gasteiger partial charge in [-0.1, -0.05) is 54.6 Å². The summed E-state index contributed by atoms with van der Waals surface area (Å²) in [6, 6.07) is 20.9. The minimum Gasteiger partial charge on any atom is -0.376 e.